The molecule has 118 valence electrons. The van der Waals surface area contributed by atoms with Gasteiger partial charge >= 0.3 is 6.61 Å². The molecule has 0 radical (unpaired) electrons. The van der Waals surface area contributed by atoms with Gasteiger partial charge in [0.05, 0.1) is 11.1 Å². The van der Waals surface area contributed by atoms with Crippen LogP contribution >= 0.6 is 24.0 Å². The van der Waals surface area contributed by atoms with Crippen LogP contribution in [0, 0.1) is 0 Å². The van der Waals surface area contributed by atoms with Gasteiger partial charge < -0.3 is 15.4 Å². The number of ether oxygens (including phenoxy) is 1. The molecule has 1 amide bonds. The molecular formula is C13H16Cl2F2N2O2. The summed E-state index contributed by atoms with van der Waals surface area (Å²) in [5.74, 6) is -0.265. The van der Waals surface area contributed by atoms with Gasteiger partial charge in [0.15, 0.2) is 0 Å². The number of piperidine rings is 1. The van der Waals surface area contributed by atoms with Crippen LogP contribution in [0.5, 0.6) is 5.75 Å². The van der Waals surface area contributed by atoms with E-state index in [9.17, 15) is 13.6 Å². The van der Waals surface area contributed by atoms with Gasteiger partial charge in [0.1, 0.15) is 5.75 Å². The minimum absolute atomic E-state index is 0. The zero-order valence-electron chi connectivity index (χ0n) is 11.1. The predicted octanol–water partition coefficient (Wildman–Crippen LogP) is 3.44. The fraction of sp³-hybridized carbons (Fsp3) is 0.462. The van der Waals surface area contributed by atoms with Crippen LogP contribution in [0.25, 0.3) is 0 Å². The molecule has 1 aromatic carbocycles. The van der Waals surface area contributed by atoms with Gasteiger partial charge in [-0.15, -0.1) is 12.4 Å². The first-order valence-corrected chi connectivity index (χ1v) is 6.72. The highest BCUT2D eigenvalue weighted by Crippen LogP contribution is 2.29. The summed E-state index contributed by atoms with van der Waals surface area (Å²) in [6, 6.07) is 3.95. The summed E-state index contributed by atoms with van der Waals surface area (Å²) in [6.07, 6.45) is 2.86. The Bertz CT molecular complexity index is 483. The molecular weight excluding hydrogens is 325 g/mol. The third kappa shape index (κ3) is 5.30. The van der Waals surface area contributed by atoms with Crippen LogP contribution in [0.4, 0.5) is 14.5 Å². The molecule has 2 rings (SSSR count). The van der Waals surface area contributed by atoms with Gasteiger partial charge in [-0.05, 0) is 37.6 Å². The molecule has 0 saturated carbocycles. The lowest BCUT2D eigenvalue weighted by Crippen LogP contribution is -2.43. The molecule has 0 aliphatic carbocycles. The Morgan fingerprint density at radius 2 is 2.19 bits per heavy atom. The second-order valence-electron chi connectivity index (χ2n) is 4.52. The number of amides is 1. The number of hydrogen-bond donors (Lipinski definition) is 2. The van der Waals surface area contributed by atoms with Crippen LogP contribution in [0.15, 0.2) is 18.2 Å². The van der Waals surface area contributed by atoms with Crippen molar-refractivity contribution < 1.29 is 18.3 Å². The molecule has 0 unspecified atom stereocenters. The quantitative estimate of drug-likeness (QED) is 0.882. The normalized spacial score (nSPS) is 18.0. The lowest BCUT2D eigenvalue weighted by Gasteiger charge is -2.22. The molecule has 21 heavy (non-hydrogen) atoms. The number of anilines is 1. The first kappa shape index (κ1) is 17.9. The van der Waals surface area contributed by atoms with E-state index in [-0.39, 0.29) is 35.1 Å². The van der Waals surface area contributed by atoms with Crippen LogP contribution in [0.3, 0.4) is 0 Å². The number of benzene rings is 1. The van der Waals surface area contributed by atoms with Gasteiger partial charge in [0.2, 0.25) is 5.91 Å². The minimum atomic E-state index is -2.93. The molecule has 1 aromatic rings. The molecule has 2 N–H and O–H groups in total. The van der Waals surface area contributed by atoms with Gasteiger partial charge in [0.25, 0.3) is 0 Å². The van der Waals surface area contributed by atoms with E-state index in [1.165, 1.54) is 18.2 Å². The molecule has 0 aromatic heterocycles. The summed E-state index contributed by atoms with van der Waals surface area (Å²) in [4.78, 5) is 12.0. The Hall–Kier alpha value is -1.11. The maximum absolute atomic E-state index is 12.1. The zero-order valence-corrected chi connectivity index (χ0v) is 12.6. The second-order valence-corrected chi connectivity index (χ2v) is 4.92. The van der Waals surface area contributed by atoms with Crippen molar-refractivity contribution in [3.8, 4) is 5.75 Å². The van der Waals surface area contributed by atoms with Crippen molar-refractivity contribution in [3.05, 3.63) is 23.2 Å². The minimum Gasteiger partial charge on any atom is -0.433 e. The van der Waals surface area contributed by atoms with E-state index in [4.69, 9.17) is 11.6 Å². The Morgan fingerprint density at radius 3 is 2.76 bits per heavy atom. The number of halogens is 4. The first-order valence-electron chi connectivity index (χ1n) is 6.35. The average Bonchev–Trinajstić information content (AvgIpc) is 2.42. The van der Waals surface area contributed by atoms with Gasteiger partial charge in [-0.2, -0.15) is 8.78 Å². The monoisotopic (exact) mass is 340 g/mol. The van der Waals surface area contributed by atoms with Crippen molar-refractivity contribution in [2.24, 2.45) is 0 Å². The number of rotatable bonds is 4. The summed E-state index contributed by atoms with van der Waals surface area (Å²) >= 11 is 5.82. The lowest BCUT2D eigenvalue weighted by molar-refractivity contribution is -0.118. The molecule has 1 saturated heterocycles. The largest absolute Gasteiger partial charge is 0.433 e. The van der Waals surface area contributed by atoms with Crippen molar-refractivity contribution in [3.63, 3.8) is 0 Å². The van der Waals surface area contributed by atoms with Crippen molar-refractivity contribution in [2.75, 3.05) is 11.9 Å². The number of alkyl halides is 2. The molecule has 8 heteroatoms. The summed E-state index contributed by atoms with van der Waals surface area (Å²) in [5.41, 5.74) is 0.453. The number of carbonyl (C=O) groups is 1. The first-order chi connectivity index (χ1) is 9.56. The van der Waals surface area contributed by atoms with E-state index in [1.54, 1.807) is 0 Å². The fourth-order valence-corrected chi connectivity index (χ4v) is 2.30. The molecule has 1 aliphatic rings. The van der Waals surface area contributed by atoms with E-state index in [1.807, 2.05) is 0 Å². The average molecular weight is 341 g/mol. The van der Waals surface area contributed by atoms with Crippen molar-refractivity contribution in [1.82, 2.24) is 5.32 Å². The summed E-state index contributed by atoms with van der Waals surface area (Å²) in [7, 11) is 0. The summed E-state index contributed by atoms with van der Waals surface area (Å²) in [6.45, 7) is -2.11. The summed E-state index contributed by atoms with van der Waals surface area (Å²) < 4.78 is 28.4. The standard InChI is InChI=1S/C13H15ClF2N2O2.ClH/c14-9-7-8(4-5-11(9)20-13(15)16)18-12(19)10-3-1-2-6-17-10;/h4-5,7,10,13,17H,1-3,6H2,(H,18,19);1H/t10-;/m0./s1. The molecule has 4 nitrogen and oxygen atoms in total. The van der Waals surface area contributed by atoms with Crippen molar-refractivity contribution >= 4 is 35.6 Å². The van der Waals surface area contributed by atoms with E-state index in [0.29, 0.717) is 5.69 Å². The predicted molar refractivity (Wildman–Crippen MR) is 79.6 cm³/mol. The fourth-order valence-electron chi connectivity index (χ4n) is 2.08. The molecule has 0 spiro atoms. The third-order valence-corrected chi connectivity index (χ3v) is 3.34. The number of nitrogens with one attached hydrogen (secondary N) is 2. The molecule has 1 aliphatic heterocycles. The van der Waals surface area contributed by atoms with Gasteiger partial charge in [-0.3, -0.25) is 4.79 Å². The van der Waals surface area contributed by atoms with Crippen LogP contribution in [0.1, 0.15) is 19.3 Å². The van der Waals surface area contributed by atoms with Crippen LogP contribution in [-0.4, -0.2) is 25.1 Å². The van der Waals surface area contributed by atoms with Crippen LogP contribution < -0.4 is 15.4 Å². The zero-order chi connectivity index (χ0) is 14.5. The van der Waals surface area contributed by atoms with Gasteiger partial charge in [-0.1, -0.05) is 18.0 Å². The van der Waals surface area contributed by atoms with Gasteiger partial charge in [0, 0.05) is 5.69 Å². The molecule has 1 fully saturated rings. The van der Waals surface area contributed by atoms with E-state index < -0.39 is 6.61 Å². The maximum atomic E-state index is 12.1. The van der Waals surface area contributed by atoms with E-state index in [2.05, 4.69) is 15.4 Å². The number of carbonyl (C=O) groups excluding carboxylic acids is 1. The van der Waals surface area contributed by atoms with Crippen molar-refractivity contribution in [2.45, 2.75) is 31.9 Å². The topological polar surface area (TPSA) is 50.4 Å². The third-order valence-electron chi connectivity index (χ3n) is 3.04. The highest BCUT2D eigenvalue weighted by atomic mass is 35.5. The lowest BCUT2D eigenvalue weighted by atomic mass is 10.0. The maximum Gasteiger partial charge on any atom is 0.387 e. The highest BCUT2D eigenvalue weighted by Gasteiger charge is 2.20. The Labute approximate surface area is 132 Å². The molecule has 0 bridgehead atoms. The van der Waals surface area contributed by atoms with E-state index >= 15 is 0 Å². The van der Waals surface area contributed by atoms with Crippen LogP contribution in [-0.2, 0) is 4.79 Å². The van der Waals surface area contributed by atoms with Crippen LogP contribution in [0.2, 0.25) is 5.02 Å². The Kier molecular flexibility index (Phi) is 7.14. The highest BCUT2D eigenvalue weighted by molar-refractivity contribution is 6.32. The second kappa shape index (κ2) is 8.36. The van der Waals surface area contributed by atoms with Gasteiger partial charge in [-0.25, -0.2) is 0 Å². The Morgan fingerprint density at radius 1 is 1.43 bits per heavy atom. The SMILES string of the molecule is Cl.O=C(Nc1ccc(OC(F)F)c(Cl)c1)[C@@H]1CCCCN1. The Balaban J connectivity index is 0.00000220. The number of hydrogen-bond acceptors (Lipinski definition) is 3. The summed E-state index contributed by atoms with van der Waals surface area (Å²) in [5, 5.41) is 5.85. The molecule has 1 atom stereocenters. The molecule has 1 heterocycles. The van der Waals surface area contributed by atoms with Crippen molar-refractivity contribution in [1.29, 1.82) is 0 Å². The van der Waals surface area contributed by atoms with E-state index in [0.717, 1.165) is 25.8 Å². The smallest absolute Gasteiger partial charge is 0.387 e.